The molecule has 7 nitrogen and oxygen atoms in total. The van der Waals surface area contributed by atoms with Crippen molar-refractivity contribution < 1.29 is 0 Å². The largest absolute Gasteiger partial charge is 0.368 e. The molecule has 3 aromatic heterocycles. The fourth-order valence-corrected chi connectivity index (χ4v) is 2.84. The van der Waals surface area contributed by atoms with Crippen molar-refractivity contribution in [1.82, 2.24) is 29.9 Å². The Bertz CT molecular complexity index is 1190. The van der Waals surface area contributed by atoms with E-state index in [-0.39, 0.29) is 5.95 Å². The lowest BCUT2D eigenvalue weighted by molar-refractivity contribution is 0.636. The molecule has 0 saturated carbocycles. The van der Waals surface area contributed by atoms with E-state index in [1.165, 1.54) is 0 Å². The van der Waals surface area contributed by atoms with Crippen LogP contribution in [0.5, 0.6) is 0 Å². The van der Waals surface area contributed by atoms with Gasteiger partial charge in [-0.2, -0.15) is 0 Å². The van der Waals surface area contributed by atoms with Crippen molar-refractivity contribution >= 4 is 5.95 Å². The summed E-state index contributed by atoms with van der Waals surface area (Å²) in [5, 5.41) is 8.42. The minimum absolute atomic E-state index is 0.161. The molecular formula is C21H17N7. The van der Waals surface area contributed by atoms with Gasteiger partial charge in [0.25, 0.3) is 0 Å². The van der Waals surface area contributed by atoms with Crippen molar-refractivity contribution in [3.63, 3.8) is 0 Å². The van der Waals surface area contributed by atoms with E-state index in [9.17, 15) is 0 Å². The second-order valence-corrected chi connectivity index (χ2v) is 6.29. The molecule has 0 fully saturated rings. The van der Waals surface area contributed by atoms with Gasteiger partial charge in [0.1, 0.15) is 5.69 Å². The van der Waals surface area contributed by atoms with Crippen molar-refractivity contribution in [3.8, 4) is 35.0 Å². The number of hydrogen-bond donors (Lipinski definition) is 1. The number of rotatable bonds is 4. The van der Waals surface area contributed by atoms with Gasteiger partial charge in [-0.05, 0) is 36.8 Å². The quantitative estimate of drug-likeness (QED) is 0.557. The van der Waals surface area contributed by atoms with E-state index in [0.717, 1.165) is 22.4 Å². The first-order valence-corrected chi connectivity index (χ1v) is 8.65. The number of nitrogen functional groups attached to an aromatic ring is 1. The maximum absolute atomic E-state index is 5.93. The van der Waals surface area contributed by atoms with Gasteiger partial charge in [0.05, 0.1) is 29.8 Å². The molecule has 0 bridgehead atoms. The number of aryl methyl sites for hydroxylation is 1. The molecule has 28 heavy (non-hydrogen) atoms. The van der Waals surface area contributed by atoms with Crippen LogP contribution in [-0.4, -0.2) is 29.9 Å². The van der Waals surface area contributed by atoms with E-state index in [2.05, 4.69) is 31.2 Å². The molecule has 7 heteroatoms. The summed E-state index contributed by atoms with van der Waals surface area (Å²) >= 11 is 0. The molecule has 0 saturated heterocycles. The normalized spacial score (nSPS) is 10.6. The number of pyridine rings is 1. The highest BCUT2D eigenvalue weighted by Gasteiger charge is 2.11. The number of hydrogen-bond acceptors (Lipinski definition) is 6. The van der Waals surface area contributed by atoms with Gasteiger partial charge in [0.2, 0.25) is 5.95 Å². The summed E-state index contributed by atoms with van der Waals surface area (Å²) in [6.07, 6.45) is 9.07. The Morgan fingerprint density at radius 3 is 2.75 bits per heavy atom. The number of nitrogens with two attached hydrogens (primary N) is 1. The molecule has 0 amide bonds. The molecule has 4 rings (SSSR count). The van der Waals surface area contributed by atoms with E-state index >= 15 is 0 Å². The van der Waals surface area contributed by atoms with E-state index in [0.29, 0.717) is 23.6 Å². The molecule has 0 aliphatic heterocycles. The third kappa shape index (κ3) is 3.57. The smallest absolute Gasteiger partial charge is 0.221 e. The standard InChI is InChI=1S/C21H17N7/c1-3-15-7-4-8-16(10-15)17-11-18(25-21(22)24-17)20-13-28(27-26-20)12-19-14(2)6-5-9-23-19/h1,4-11,13H,12H2,2H3,(H2,22,24,25). The second-order valence-electron chi connectivity index (χ2n) is 6.29. The van der Waals surface area contributed by atoms with Crippen molar-refractivity contribution in [2.24, 2.45) is 0 Å². The summed E-state index contributed by atoms with van der Waals surface area (Å²) in [4.78, 5) is 13.0. The number of anilines is 1. The maximum Gasteiger partial charge on any atom is 0.221 e. The molecule has 4 aromatic rings. The van der Waals surface area contributed by atoms with Crippen LogP contribution < -0.4 is 5.73 Å². The Kier molecular flexibility index (Phi) is 4.52. The summed E-state index contributed by atoms with van der Waals surface area (Å²) in [5.41, 5.74) is 11.5. The molecule has 0 spiro atoms. The Labute approximate surface area is 162 Å². The summed E-state index contributed by atoms with van der Waals surface area (Å²) in [6, 6.07) is 13.3. The first-order chi connectivity index (χ1) is 13.6. The van der Waals surface area contributed by atoms with Crippen LogP contribution in [0.3, 0.4) is 0 Å². The fourth-order valence-electron chi connectivity index (χ4n) is 2.84. The first-order valence-electron chi connectivity index (χ1n) is 8.65. The molecule has 0 radical (unpaired) electrons. The van der Waals surface area contributed by atoms with Gasteiger partial charge >= 0.3 is 0 Å². The molecular weight excluding hydrogens is 350 g/mol. The van der Waals surface area contributed by atoms with Gasteiger partial charge in [0, 0.05) is 17.3 Å². The molecule has 0 atom stereocenters. The van der Waals surface area contributed by atoms with Crippen LogP contribution >= 0.6 is 0 Å². The lowest BCUT2D eigenvalue weighted by Gasteiger charge is -2.05. The fraction of sp³-hybridized carbons (Fsp3) is 0.0952. The van der Waals surface area contributed by atoms with E-state index in [1.54, 1.807) is 10.9 Å². The Hall–Kier alpha value is -4.05. The third-order valence-corrected chi connectivity index (χ3v) is 4.30. The van der Waals surface area contributed by atoms with Gasteiger partial charge in [-0.25, -0.2) is 14.6 Å². The number of nitrogens with zero attached hydrogens (tertiary/aromatic N) is 6. The highest BCUT2D eigenvalue weighted by Crippen LogP contribution is 2.24. The van der Waals surface area contributed by atoms with Crippen LogP contribution in [-0.2, 0) is 6.54 Å². The second kappa shape index (κ2) is 7.29. The van der Waals surface area contributed by atoms with Gasteiger partial charge < -0.3 is 5.73 Å². The summed E-state index contributed by atoms with van der Waals surface area (Å²) in [6.45, 7) is 2.54. The van der Waals surface area contributed by atoms with Crippen LogP contribution in [0, 0.1) is 19.3 Å². The minimum Gasteiger partial charge on any atom is -0.368 e. The van der Waals surface area contributed by atoms with Crippen molar-refractivity contribution in [2.45, 2.75) is 13.5 Å². The zero-order chi connectivity index (χ0) is 19.5. The third-order valence-electron chi connectivity index (χ3n) is 4.30. The lowest BCUT2D eigenvalue weighted by Crippen LogP contribution is -2.04. The summed E-state index contributed by atoms with van der Waals surface area (Å²) < 4.78 is 1.72. The van der Waals surface area contributed by atoms with Gasteiger partial charge in [-0.3, -0.25) is 4.98 Å². The summed E-state index contributed by atoms with van der Waals surface area (Å²) in [5.74, 6) is 2.78. The average Bonchev–Trinajstić information content (AvgIpc) is 3.18. The predicted molar refractivity (Wildman–Crippen MR) is 107 cm³/mol. The molecule has 1 aromatic carbocycles. The molecule has 0 aliphatic carbocycles. The van der Waals surface area contributed by atoms with Crippen molar-refractivity contribution in [2.75, 3.05) is 5.73 Å². The maximum atomic E-state index is 5.93. The Morgan fingerprint density at radius 1 is 1.07 bits per heavy atom. The van der Waals surface area contributed by atoms with Crippen LogP contribution in [0.4, 0.5) is 5.95 Å². The molecule has 136 valence electrons. The highest BCUT2D eigenvalue weighted by atomic mass is 15.4. The van der Waals surface area contributed by atoms with Crippen molar-refractivity contribution in [1.29, 1.82) is 0 Å². The summed E-state index contributed by atoms with van der Waals surface area (Å²) in [7, 11) is 0. The number of terminal acetylenes is 1. The van der Waals surface area contributed by atoms with E-state index in [4.69, 9.17) is 12.2 Å². The average molecular weight is 367 g/mol. The highest BCUT2D eigenvalue weighted by molar-refractivity contribution is 5.68. The Morgan fingerprint density at radius 2 is 1.93 bits per heavy atom. The van der Waals surface area contributed by atoms with Gasteiger partial charge in [-0.1, -0.05) is 29.3 Å². The monoisotopic (exact) mass is 367 g/mol. The lowest BCUT2D eigenvalue weighted by atomic mass is 10.1. The van der Waals surface area contributed by atoms with E-state index < -0.39 is 0 Å². The molecule has 3 heterocycles. The zero-order valence-corrected chi connectivity index (χ0v) is 15.2. The number of aromatic nitrogens is 6. The van der Waals surface area contributed by atoms with Crippen LogP contribution in [0.15, 0.2) is 54.9 Å². The first kappa shape index (κ1) is 17.4. The van der Waals surface area contributed by atoms with Gasteiger partial charge in [-0.15, -0.1) is 11.5 Å². The molecule has 0 aliphatic rings. The molecule has 2 N–H and O–H groups in total. The van der Waals surface area contributed by atoms with Crippen molar-refractivity contribution in [3.05, 3.63) is 71.7 Å². The number of benzene rings is 1. The predicted octanol–water partition coefficient (Wildman–Crippen LogP) is 2.72. The van der Waals surface area contributed by atoms with E-state index in [1.807, 2.05) is 55.6 Å². The van der Waals surface area contributed by atoms with Gasteiger partial charge in [0.15, 0.2) is 0 Å². The SMILES string of the molecule is C#Cc1cccc(-c2cc(-c3cn(Cc4ncccc4C)nn3)nc(N)n2)c1. The minimum atomic E-state index is 0.161. The Balaban J connectivity index is 1.67. The molecule has 0 unspecified atom stereocenters. The van der Waals surface area contributed by atoms with Crippen LogP contribution in [0.2, 0.25) is 0 Å². The van der Waals surface area contributed by atoms with Crippen LogP contribution in [0.1, 0.15) is 16.8 Å². The van der Waals surface area contributed by atoms with Crippen LogP contribution in [0.25, 0.3) is 22.6 Å². The topological polar surface area (TPSA) is 95.4 Å². The zero-order valence-electron chi connectivity index (χ0n) is 15.2.